The van der Waals surface area contributed by atoms with Crippen LogP contribution in [0.5, 0.6) is 0 Å². The number of pyridine rings is 1. The standard InChI is InChI=1S/C39H55N3.3ClH.Fe/c1-22(2)30-18-32(24(5)6)38(33(19-30)25(7)8)40-28(13)36-16-15-17-37(42-36)29(14)41-39-34(26(9)10)20-31(23(3)4)21-35(39)27(11)12;;;;/h15-27H,1-14H3;3*1H;/q;;;;+3/p-3. The molecule has 1 aromatic heterocycles. The Morgan fingerprint density at radius 2 is 0.739 bits per heavy atom. The first kappa shape index (κ1) is 46.4. The average Bonchev–Trinajstić information content (AvgIpc) is 2.92. The molecule has 255 valence electrons. The van der Waals surface area contributed by atoms with Gasteiger partial charge in [-0.15, -0.1) is 0 Å². The van der Waals surface area contributed by atoms with Crippen LogP contribution in [0.4, 0.5) is 11.4 Å². The van der Waals surface area contributed by atoms with E-state index in [4.69, 9.17) is 15.0 Å². The van der Waals surface area contributed by atoms with Crippen molar-refractivity contribution in [3.8, 4) is 0 Å². The molecule has 0 saturated heterocycles. The van der Waals surface area contributed by atoms with Crippen LogP contribution >= 0.6 is 0 Å². The smallest absolute Gasteiger partial charge is 1.00 e. The number of hydrogen-bond donors (Lipinski definition) is 0. The molecule has 0 aliphatic rings. The third kappa shape index (κ3) is 11.2. The third-order valence-electron chi connectivity index (χ3n) is 8.25. The monoisotopic (exact) mass is 726 g/mol. The van der Waals surface area contributed by atoms with Gasteiger partial charge in [-0.3, -0.25) is 9.98 Å². The summed E-state index contributed by atoms with van der Waals surface area (Å²) in [5.74, 6) is 2.49. The van der Waals surface area contributed by atoms with Gasteiger partial charge in [0.15, 0.2) is 0 Å². The Kier molecular flexibility index (Phi) is 20.2. The Morgan fingerprint density at radius 1 is 0.478 bits per heavy atom. The maximum absolute atomic E-state index is 5.27. The summed E-state index contributed by atoms with van der Waals surface area (Å²) in [7, 11) is 0. The number of rotatable bonds is 10. The Labute approximate surface area is 310 Å². The van der Waals surface area contributed by atoms with Crippen molar-refractivity contribution in [3.05, 3.63) is 87.2 Å². The molecule has 0 saturated carbocycles. The van der Waals surface area contributed by atoms with Crippen LogP contribution < -0.4 is 37.2 Å². The maximum atomic E-state index is 5.27. The minimum atomic E-state index is 0. The fraction of sp³-hybridized carbons (Fsp3) is 0.513. The van der Waals surface area contributed by atoms with Crippen LogP contribution in [0.2, 0.25) is 0 Å². The van der Waals surface area contributed by atoms with E-state index in [9.17, 15) is 0 Å². The van der Waals surface area contributed by atoms with Gasteiger partial charge in [-0.1, -0.05) is 113 Å². The number of nitrogens with zero attached hydrogens (tertiary/aromatic N) is 3. The molecule has 1 radical (unpaired) electrons. The Bertz CT molecular complexity index is 1310. The molecule has 0 aliphatic carbocycles. The summed E-state index contributed by atoms with van der Waals surface area (Å²) in [5.41, 5.74) is 13.9. The molecule has 0 fully saturated rings. The van der Waals surface area contributed by atoms with Crippen LogP contribution in [0, 0.1) is 0 Å². The van der Waals surface area contributed by atoms with E-state index in [1.165, 1.54) is 33.4 Å². The molecule has 0 unspecified atom stereocenters. The summed E-state index contributed by atoms with van der Waals surface area (Å²) < 4.78 is 0. The summed E-state index contributed by atoms with van der Waals surface area (Å²) in [4.78, 5) is 15.6. The summed E-state index contributed by atoms with van der Waals surface area (Å²) in [6.45, 7) is 31.4. The molecule has 0 bridgehead atoms. The van der Waals surface area contributed by atoms with E-state index in [1.807, 2.05) is 0 Å². The summed E-state index contributed by atoms with van der Waals surface area (Å²) in [6.07, 6.45) is 0. The first-order valence-electron chi connectivity index (χ1n) is 16.1. The van der Waals surface area contributed by atoms with E-state index in [-0.39, 0.29) is 54.3 Å². The van der Waals surface area contributed by atoms with Crippen molar-refractivity contribution >= 4 is 22.8 Å². The molecule has 2 aromatic carbocycles. The van der Waals surface area contributed by atoms with Crippen molar-refractivity contribution in [2.75, 3.05) is 0 Å². The van der Waals surface area contributed by atoms with E-state index in [0.717, 1.165) is 34.2 Å². The molecule has 0 aliphatic heterocycles. The van der Waals surface area contributed by atoms with Crippen molar-refractivity contribution in [2.24, 2.45) is 9.98 Å². The second-order valence-corrected chi connectivity index (χ2v) is 13.8. The Hall–Kier alpha value is -1.68. The van der Waals surface area contributed by atoms with Crippen LogP contribution in [-0.4, -0.2) is 16.4 Å². The van der Waals surface area contributed by atoms with Crippen LogP contribution in [0.25, 0.3) is 0 Å². The summed E-state index contributed by atoms with van der Waals surface area (Å²) in [6, 6.07) is 15.7. The van der Waals surface area contributed by atoms with Crippen LogP contribution in [0.15, 0.2) is 52.4 Å². The molecule has 3 nitrogen and oxygen atoms in total. The zero-order valence-electron chi connectivity index (χ0n) is 30.3. The average molecular weight is 728 g/mol. The van der Waals surface area contributed by atoms with Gasteiger partial charge in [0.1, 0.15) is 0 Å². The van der Waals surface area contributed by atoms with Crippen LogP contribution in [0.1, 0.15) is 177 Å². The van der Waals surface area contributed by atoms with Crippen LogP contribution in [0.3, 0.4) is 0 Å². The molecule has 3 rings (SSSR count). The third-order valence-corrected chi connectivity index (χ3v) is 8.25. The van der Waals surface area contributed by atoms with Crippen molar-refractivity contribution in [2.45, 2.75) is 132 Å². The minimum absolute atomic E-state index is 0. The van der Waals surface area contributed by atoms with E-state index in [1.54, 1.807) is 0 Å². The summed E-state index contributed by atoms with van der Waals surface area (Å²) in [5, 5.41) is 0. The van der Waals surface area contributed by atoms with Gasteiger partial charge in [-0.25, -0.2) is 4.98 Å². The van der Waals surface area contributed by atoms with Crippen molar-refractivity contribution in [1.29, 1.82) is 0 Å². The van der Waals surface area contributed by atoms with Crippen molar-refractivity contribution in [3.63, 3.8) is 0 Å². The quantitative estimate of drug-likeness (QED) is 0.234. The van der Waals surface area contributed by atoms with Gasteiger partial charge in [-0.2, -0.15) is 0 Å². The fourth-order valence-electron chi connectivity index (χ4n) is 5.38. The molecule has 3 aromatic rings. The first-order valence-corrected chi connectivity index (χ1v) is 16.1. The molecular weight excluding hydrogens is 673 g/mol. The van der Waals surface area contributed by atoms with Gasteiger partial charge in [0.25, 0.3) is 0 Å². The first-order chi connectivity index (χ1) is 19.6. The number of aromatic nitrogens is 1. The maximum Gasteiger partial charge on any atom is 3.00 e. The molecule has 0 N–H and O–H groups in total. The largest absolute Gasteiger partial charge is 3.00 e. The zero-order chi connectivity index (χ0) is 31.5. The molecular formula is C39H55Cl3FeN3. The Morgan fingerprint density at radius 3 is 0.957 bits per heavy atom. The van der Waals surface area contributed by atoms with Crippen molar-refractivity contribution in [1.82, 2.24) is 4.98 Å². The molecule has 0 atom stereocenters. The van der Waals surface area contributed by atoms with Gasteiger partial charge in [-0.05, 0) is 94.9 Å². The molecule has 46 heavy (non-hydrogen) atoms. The van der Waals surface area contributed by atoms with Gasteiger partial charge in [0, 0.05) is 0 Å². The minimum Gasteiger partial charge on any atom is -1.00 e. The molecule has 0 amide bonds. The second-order valence-electron chi connectivity index (χ2n) is 13.8. The fourth-order valence-corrected chi connectivity index (χ4v) is 5.38. The van der Waals surface area contributed by atoms with E-state index < -0.39 is 0 Å². The number of aliphatic imine (C=N–C) groups is 2. The van der Waals surface area contributed by atoms with E-state index in [0.29, 0.717) is 35.5 Å². The predicted octanol–water partition coefficient (Wildman–Crippen LogP) is 3.11. The SMILES string of the molecule is CC(=Nc1c(C(C)C)cc(C(C)C)cc1C(C)C)c1cccc(C(C)=Nc2c(C(C)C)cc(C(C)C)cc2C(C)C)n1.[Cl-].[Cl-].[Cl-].[Fe+3]. The summed E-state index contributed by atoms with van der Waals surface area (Å²) >= 11 is 0. The van der Waals surface area contributed by atoms with E-state index in [2.05, 4.69) is 139 Å². The van der Waals surface area contributed by atoms with Gasteiger partial charge >= 0.3 is 17.1 Å². The number of hydrogen-bond acceptors (Lipinski definition) is 3. The van der Waals surface area contributed by atoms with Gasteiger partial charge < -0.3 is 37.2 Å². The Balaban J connectivity index is 0. The van der Waals surface area contributed by atoms with Gasteiger partial charge in [0.2, 0.25) is 0 Å². The topological polar surface area (TPSA) is 37.6 Å². The number of benzene rings is 2. The molecule has 0 spiro atoms. The second kappa shape index (κ2) is 20.0. The zero-order valence-corrected chi connectivity index (χ0v) is 33.7. The normalized spacial score (nSPS) is 12.0. The predicted molar refractivity (Wildman–Crippen MR) is 185 cm³/mol. The van der Waals surface area contributed by atoms with Crippen LogP contribution in [-0.2, 0) is 17.1 Å². The van der Waals surface area contributed by atoms with E-state index >= 15 is 0 Å². The molecule has 1 heterocycles. The van der Waals surface area contributed by atoms with Crippen molar-refractivity contribution < 1.29 is 54.3 Å². The number of halogens is 3. The van der Waals surface area contributed by atoms with Gasteiger partial charge in [0.05, 0.1) is 34.2 Å². The molecule has 7 heteroatoms.